The molecule has 0 spiro atoms. The number of rotatable bonds is 6. The molecule has 1 aliphatic rings. The highest BCUT2D eigenvalue weighted by atomic mass is 32.2. The van der Waals surface area contributed by atoms with Gasteiger partial charge in [-0.25, -0.2) is 13.1 Å². The number of nitrogens with one attached hydrogen (secondary N) is 1. The largest absolute Gasteiger partial charge is 0.329 e. The van der Waals surface area contributed by atoms with Crippen LogP contribution in [0.5, 0.6) is 0 Å². The molecule has 1 aliphatic carbocycles. The van der Waals surface area contributed by atoms with E-state index in [0.717, 1.165) is 12.8 Å². The van der Waals surface area contributed by atoms with Crippen molar-refractivity contribution in [1.82, 2.24) is 4.72 Å². The maximum Gasteiger partial charge on any atom is 0.212 e. The second-order valence-electron chi connectivity index (χ2n) is 4.47. The Bertz CT molecular complexity index is 271. The van der Waals surface area contributed by atoms with Crippen molar-refractivity contribution < 1.29 is 8.42 Å². The first-order valence-electron chi connectivity index (χ1n) is 5.14. The van der Waals surface area contributed by atoms with Gasteiger partial charge in [0.1, 0.15) is 0 Å². The Morgan fingerprint density at radius 1 is 1.43 bits per heavy atom. The van der Waals surface area contributed by atoms with Crippen LogP contribution in [0.1, 0.15) is 26.7 Å². The minimum Gasteiger partial charge on any atom is -0.329 e. The SMILES string of the molecule is CC(C)CS(=O)(=O)NC(CN)C1CC1. The molecule has 1 fully saturated rings. The molecule has 0 amide bonds. The van der Waals surface area contributed by atoms with Crippen LogP contribution in [0.15, 0.2) is 0 Å². The van der Waals surface area contributed by atoms with E-state index in [4.69, 9.17) is 5.73 Å². The van der Waals surface area contributed by atoms with E-state index in [0.29, 0.717) is 12.5 Å². The molecule has 0 aromatic rings. The van der Waals surface area contributed by atoms with Crippen molar-refractivity contribution in [2.75, 3.05) is 12.3 Å². The van der Waals surface area contributed by atoms with Gasteiger partial charge in [-0.3, -0.25) is 0 Å². The monoisotopic (exact) mass is 220 g/mol. The molecule has 84 valence electrons. The summed E-state index contributed by atoms with van der Waals surface area (Å²) in [5.41, 5.74) is 5.52. The van der Waals surface area contributed by atoms with Crippen LogP contribution in [-0.4, -0.2) is 26.8 Å². The molecule has 0 saturated heterocycles. The molecule has 0 heterocycles. The van der Waals surface area contributed by atoms with Crippen LogP contribution in [0.3, 0.4) is 0 Å². The van der Waals surface area contributed by atoms with Crippen molar-refractivity contribution in [3.63, 3.8) is 0 Å². The van der Waals surface area contributed by atoms with Crippen molar-refractivity contribution in [1.29, 1.82) is 0 Å². The molecule has 0 aromatic carbocycles. The summed E-state index contributed by atoms with van der Waals surface area (Å²) in [7, 11) is -3.13. The van der Waals surface area contributed by atoms with Gasteiger partial charge < -0.3 is 5.73 Å². The van der Waals surface area contributed by atoms with E-state index in [1.807, 2.05) is 13.8 Å². The highest BCUT2D eigenvalue weighted by Crippen LogP contribution is 2.32. The van der Waals surface area contributed by atoms with Crippen molar-refractivity contribution in [2.24, 2.45) is 17.6 Å². The van der Waals surface area contributed by atoms with Crippen LogP contribution in [0.4, 0.5) is 0 Å². The average molecular weight is 220 g/mol. The molecule has 0 radical (unpaired) electrons. The third-order valence-corrected chi connectivity index (χ3v) is 4.10. The fraction of sp³-hybridized carbons (Fsp3) is 1.00. The van der Waals surface area contributed by atoms with Gasteiger partial charge in [-0.2, -0.15) is 0 Å². The summed E-state index contributed by atoms with van der Waals surface area (Å²) in [5, 5.41) is 0. The molecular weight excluding hydrogens is 200 g/mol. The summed E-state index contributed by atoms with van der Waals surface area (Å²) in [6, 6.07) is -0.0428. The molecule has 4 nitrogen and oxygen atoms in total. The van der Waals surface area contributed by atoms with Gasteiger partial charge >= 0.3 is 0 Å². The fourth-order valence-corrected chi connectivity index (χ4v) is 3.28. The second-order valence-corrected chi connectivity index (χ2v) is 6.27. The van der Waals surface area contributed by atoms with Gasteiger partial charge in [0.25, 0.3) is 0 Å². The van der Waals surface area contributed by atoms with Gasteiger partial charge in [0, 0.05) is 12.6 Å². The third kappa shape index (κ3) is 3.94. The van der Waals surface area contributed by atoms with Crippen molar-refractivity contribution >= 4 is 10.0 Å². The van der Waals surface area contributed by atoms with E-state index < -0.39 is 10.0 Å². The lowest BCUT2D eigenvalue weighted by Gasteiger charge is -2.16. The van der Waals surface area contributed by atoms with Crippen LogP contribution < -0.4 is 10.5 Å². The lowest BCUT2D eigenvalue weighted by molar-refractivity contribution is 0.513. The van der Waals surface area contributed by atoms with Crippen LogP contribution in [0.25, 0.3) is 0 Å². The number of nitrogens with two attached hydrogens (primary N) is 1. The Morgan fingerprint density at radius 2 is 2.00 bits per heavy atom. The normalized spacial score (nSPS) is 20.0. The van der Waals surface area contributed by atoms with Crippen molar-refractivity contribution in [3.8, 4) is 0 Å². The second kappa shape index (κ2) is 4.59. The number of sulfonamides is 1. The quantitative estimate of drug-likeness (QED) is 0.676. The summed E-state index contributed by atoms with van der Waals surface area (Å²) in [5.74, 6) is 0.822. The first-order chi connectivity index (χ1) is 6.44. The Kier molecular flexibility index (Phi) is 3.92. The van der Waals surface area contributed by atoms with E-state index in [1.54, 1.807) is 0 Å². The van der Waals surface area contributed by atoms with Gasteiger partial charge in [-0.15, -0.1) is 0 Å². The maximum absolute atomic E-state index is 11.6. The van der Waals surface area contributed by atoms with Crippen LogP contribution in [0, 0.1) is 11.8 Å². The Hall–Kier alpha value is -0.130. The van der Waals surface area contributed by atoms with Gasteiger partial charge in [0.05, 0.1) is 5.75 Å². The third-order valence-electron chi connectivity index (χ3n) is 2.33. The molecule has 5 heteroatoms. The lowest BCUT2D eigenvalue weighted by Crippen LogP contribution is -2.43. The first-order valence-corrected chi connectivity index (χ1v) is 6.80. The van der Waals surface area contributed by atoms with Crippen LogP contribution >= 0.6 is 0 Å². The van der Waals surface area contributed by atoms with Gasteiger partial charge in [-0.1, -0.05) is 13.8 Å². The first kappa shape index (κ1) is 11.9. The van der Waals surface area contributed by atoms with E-state index >= 15 is 0 Å². The van der Waals surface area contributed by atoms with Gasteiger partial charge in [0.2, 0.25) is 10.0 Å². The van der Waals surface area contributed by atoms with Crippen LogP contribution in [0.2, 0.25) is 0 Å². The molecule has 1 rings (SSSR count). The number of hydrogen-bond donors (Lipinski definition) is 2. The highest BCUT2D eigenvalue weighted by molar-refractivity contribution is 7.89. The number of hydrogen-bond acceptors (Lipinski definition) is 3. The minimum absolute atomic E-state index is 0.0428. The zero-order valence-corrected chi connectivity index (χ0v) is 9.68. The molecule has 1 saturated carbocycles. The standard InChI is InChI=1S/C9H20N2O2S/c1-7(2)6-14(12,13)11-9(5-10)8-3-4-8/h7-9,11H,3-6,10H2,1-2H3. The summed E-state index contributed by atoms with van der Waals surface area (Å²) in [4.78, 5) is 0. The summed E-state index contributed by atoms with van der Waals surface area (Å²) in [6.45, 7) is 4.20. The van der Waals surface area contributed by atoms with E-state index in [-0.39, 0.29) is 17.7 Å². The lowest BCUT2D eigenvalue weighted by atomic mass is 10.2. The van der Waals surface area contributed by atoms with Crippen molar-refractivity contribution in [2.45, 2.75) is 32.7 Å². The van der Waals surface area contributed by atoms with E-state index in [2.05, 4.69) is 4.72 Å². The molecule has 1 unspecified atom stereocenters. The summed E-state index contributed by atoms with van der Waals surface area (Å²) >= 11 is 0. The predicted octanol–water partition coefficient (Wildman–Crippen LogP) is 0.299. The van der Waals surface area contributed by atoms with E-state index in [9.17, 15) is 8.42 Å². The topological polar surface area (TPSA) is 72.2 Å². The average Bonchev–Trinajstić information content (AvgIpc) is 2.79. The zero-order valence-electron chi connectivity index (χ0n) is 8.86. The Balaban J connectivity index is 2.47. The predicted molar refractivity (Wildman–Crippen MR) is 57.3 cm³/mol. The maximum atomic E-state index is 11.6. The van der Waals surface area contributed by atoms with Gasteiger partial charge in [0.15, 0.2) is 0 Å². The molecule has 0 aromatic heterocycles. The van der Waals surface area contributed by atoms with E-state index in [1.165, 1.54) is 0 Å². The highest BCUT2D eigenvalue weighted by Gasteiger charge is 2.32. The van der Waals surface area contributed by atoms with Gasteiger partial charge in [-0.05, 0) is 24.7 Å². The summed E-state index contributed by atoms with van der Waals surface area (Å²) in [6.07, 6.45) is 2.21. The zero-order chi connectivity index (χ0) is 10.8. The minimum atomic E-state index is -3.13. The molecular formula is C9H20N2O2S. The molecule has 1 atom stereocenters. The molecule has 14 heavy (non-hydrogen) atoms. The molecule has 3 N–H and O–H groups in total. The fourth-order valence-electron chi connectivity index (χ4n) is 1.55. The van der Waals surface area contributed by atoms with Crippen molar-refractivity contribution in [3.05, 3.63) is 0 Å². The van der Waals surface area contributed by atoms with Crippen LogP contribution in [-0.2, 0) is 10.0 Å². The Morgan fingerprint density at radius 3 is 2.36 bits per heavy atom. The molecule has 0 bridgehead atoms. The summed E-state index contributed by atoms with van der Waals surface area (Å²) < 4.78 is 25.8. The Labute approximate surface area is 86.3 Å². The smallest absolute Gasteiger partial charge is 0.212 e. The molecule has 0 aliphatic heterocycles.